The fraction of sp³-hybridized carbons (Fsp3) is 0.133. The highest BCUT2D eigenvalue weighted by molar-refractivity contribution is 7.18. The zero-order valence-corrected chi connectivity index (χ0v) is 12.0. The van der Waals surface area contributed by atoms with E-state index in [0.717, 1.165) is 32.4 Å². The summed E-state index contributed by atoms with van der Waals surface area (Å²) in [7, 11) is 1.67. The van der Waals surface area contributed by atoms with Crippen molar-refractivity contribution in [3.8, 4) is 5.75 Å². The average Bonchev–Trinajstić information content (AvgIpc) is 2.83. The third-order valence-electron chi connectivity index (χ3n) is 2.91. The molecule has 0 amide bonds. The first-order valence-corrected chi connectivity index (χ1v) is 7.12. The van der Waals surface area contributed by atoms with Crippen LogP contribution in [0.1, 0.15) is 10.6 Å². The number of methoxy groups -OCH3 is 1. The lowest BCUT2D eigenvalue weighted by Crippen LogP contribution is -1.87. The molecule has 0 aliphatic rings. The van der Waals surface area contributed by atoms with E-state index in [4.69, 9.17) is 16.3 Å². The molecule has 1 aromatic heterocycles. The zero-order valence-electron chi connectivity index (χ0n) is 10.4. The lowest BCUT2D eigenvalue weighted by Gasteiger charge is -1.98. The van der Waals surface area contributed by atoms with E-state index in [-0.39, 0.29) is 0 Å². The van der Waals surface area contributed by atoms with Crippen LogP contribution in [0.5, 0.6) is 5.75 Å². The summed E-state index contributed by atoms with van der Waals surface area (Å²) >= 11 is 7.59. The number of thiazole rings is 1. The highest BCUT2D eigenvalue weighted by Gasteiger charge is 2.08. The van der Waals surface area contributed by atoms with Crippen LogP contribution in [-0.2, 0) is 6.42 Å². The number of fused-ring (bicyclic) bond motifs is 1. The van der Waals surface area contributed by atoms with Crippen molar-refractivity contribution < 1.29 is 4.74 Å². The van der Waals surface area contributed by atoms with E-state index in [1.807, 2.05) is 36.4 Å². The molecule has 0 fully saturated rings. The van der Waals surface area contributed by atoms with Gasteiger partial charge in [-0.05, 0) is 29.8 Å². The van der Waals surface area contributed by atoms with Gasteiger partial charge in [-0.1, -0.05) is 29.8 Å². The molecule has 3 aromatic rings. The summed E-state index contributed by atoms with van der Waals surface area (Å²) in [5, 5.41) is 1.84. The molecule has 0 radical (unpaired) electrons. The number of benzene rings is 2. The van der Waals surface area contributed by atoms with Gasteiger partial charge in [-0.15, -0.1) is 11.3 Å². The Morgan fingerprint density at radius 1 is 1.16 bits per heavy atom. The van der Waals surface area contributed by atoms with Crippen molar-refractivity contribution in [2.45, 2.75) is 6.42 Å². The van der Waals surface area contributed by atoms with Gasteiger partial charge in [0, 0.05) is 11.4 Å². The molecule has 0 unspecified atom stereocenters. The molecule has 0 bridgehead atoms. The molecular weight excluding hydrogens is 278 g/mol. The molecule has 2 aromatic carbocycles. The van der Waals surface area contributed by atoms with Gasteiger partial charge >= 0.3 is 0 Å². The summed E-state index contributed by atoms with van der Waals surface area (Å²) in [6.45, 7) is 0. The molecule has 2 nitrogen and oxygen atoms in total. The van der Waals surface area contributed by atoms with Crippen molar-refractivity contribution >= 4 is 33.2 Å². The average molecular weight is 290 g/mol. The topological polar surface area (TPSA) is 22.1 Å². The van der Waals surface area contributed by atoms with Gasteiger partial charge < -0.3 is 4.74 Å². The summed E-state index contributed by atoms with van der Waals surface area (Å²) < 4.78 is 6.49. The maximum absolute atomic E-state index is 5.89. The summed E-state index contributed by atoms with van der Waals surface area (Å²) in [4.78, 5) is 4.66. The van der Waals surface area contributed by atoms with Crippen LogP contribution in [0.2, 0.25) is 5.02 Å². The first-order valence-electron chi connectivity index (χ1n) is 5.93. The van der Waals surface area contributed by atoms with E-state index in [1.54, 1.807) is 18.4 Å². The van der Waals surface area contributed by atoms with E-state index in [1.165, 1.54) is 5.56 Å². The molecule has 0 atom stereocenters. The Balaban J connectivity index is 1.95. The molecule has 19 heavy (non-hydrogen) atoms. The third-order valence-corrected chi connectivity index (χ3v) is 4.19. The second kappa shape index (κ2) is 5.19. The summed E-state index contributed by atoms with van der Waals surface area (Å²) in [6.07, 6.45) is 0.819. The van der Waals surface area contributed by atoms with Gasteiger partial charge in [0.2, 0.25) is 0 Å². The second-order valence-corrected chi connectivity index (χ2v) is 5.77. The van der Waals surface area contributed by atoms with Crippen LogP contribution in [0.15, 0.2) is 42.5 Å². The fourth-order valence-electron chi connectivity index (χ4n) is 1.99. The van der Waals surface area contributed by atoms with Gasteiger partial charge in [0.25, 0.3) is 0 Å². The Labute approximate surface area is 120 Å². The summed E-state index contributed by atoms with van der Waals surface area (Å²) in [5.41, 5.74) is 2.15. The minimum atomic E-state index is 0.759. The smallest absolute Gasteiger partial charge is 0.145 e. The molecule has 0 aliphatic heterocycles. The van der Waals surface area contributed by atoms with Crippen molar-refractivity contribution in [2.75, 3.05) is 7.11 Å². The Morgan fingerprint density at radius 3 is 2.68 bits per heavy atom. The minimum absolute atomic E-state index is 0.759. The van der Waals surface area contributed by atoms with E-state index >= 15 is 0 Å². The van der Waals surface area contributed by atoms with Crippen LogP contribution in [0.3, 0.4) is 0 Å². The lowest BCUT2D eigenvalue weighted by atomic mass is 10.2. The van der Waals surface area contributed by atoms with Gasteiger partial charge in [-0.25, -0.2) is 4.98 Å². The van der Waals surface area contributed by atoms with E-state index in [0.29, 0.717) is 0 Å². The number of halogens is 1. The molecule has 3 rings (SSSR count). The minimum Gasteiger partial charge on any atom is -0.494 e. The van der Waals surface area contributed by atoms with Gasteiger partial charge in [0.05, 0.1) is 16.8 Å². The van der Waals surface area contributed by atoms with Crippen LogP contribution in [0.4, 0.5) is 0 Å². The number of nitrogens with zero attached hydrogens (tertiary/aromatic N) is 1. The molecule has 0 N–H and O–H groups in total. The Bertz CT molecular complexity index is 706. The molecule has 96 valence electrons. The number of hydrogen-bond donors (Lipinski definition) is 0. The van der Waals surface area contributed by atoms with Gasteiger partial charge in [-0.2, -0.15) is 0 Å². The predicted octanol–water partition coefficient (Wildman–Crippen LogP) is 4.55. The Kier molecular flexibility index (Phi) is 3.40. The van der Waals surface area contributed by atoms with Crippen LogP contribution in [0.25, 0.3) is 10.2 Å². The van der Waals surface area contributed by atoms with Crippen LogP contribution < -0.4 is 4.74 Å². The molecule has 0 aliphatic carbocycles. The van der Waals surface area contributed by atoms with Gasteiger partial charge in [0.15, 0.2) is 0 Å². The maximum Gasteiger partial charge on any atom is 0.145 e. The third kappa shape index (κ3) is 2.57. The van der Waals surface area contributed by atoms with Crippen LogP contribution >= 0.6 is 22.9 Å². The monoisotopic (exact) mass is 289 g/mol. The van der Waals surface area contributed by atoms with Crippen molar-refractivity contribution in [3.63, 3.8) is 0 Å². The number of para-hydroxylation sites is 1. The lowest BCUT2D eigenvalue weighted by molar-refractivity contribution is 0.419. The molecule has 0 saturated heterocycles. The summed E-state index contributed by atoms with van der Waals surface area (Å²) in [6, 6.07) is 13.9. The SMILES string of the molecule is COc1cccc2sc(Cc3ccc(Cl)cc3)nc12. The van der Waals surface area contributed by atoms with Crippen molar-refractivity contribution in [1.29, 1.82) is 0 Å². The number of rotatable bonds is 3. The second-order valence-electron chi connectivity index (χ2n) is 4.22. The Hall–Kier alpha value is -1.58. The maximum atomic E-state index is 5.89. The quantitative estimate of drug-likeness (QED) is 0.706. The normalized spacial score (nSPS) is 10.8. The van der Waals surface area contributed by atoms with Crippen molar-refractivity contribution in [2.24, 2.45) is 0 Å². The van der Waals surface area contributed by atoms with E-state index < -0.39 is 0 Å². The molecular formula is C15H12ClNOS. The van der Waals surface area contributed by atoms with Gasteiger partial charge in [-0.3, -0.25) is 0 Å². The number of ether oxygens (including phenoxy) is 1. The first kappa shape index (κ1) is 12.5. The molecule has 0 saturated carbocycles. The number of aromatic nitrogens is 1. The molecule has 4 heteroatoms. The van der Waals surface area contributed by atoms with Crippen molar-refractivity contribution in [3.05, 3.63) is 58.1 Å². The standard InChI is InChI=1S/C15H12ClNOS/c1-18-12-3-2-4-13-15(12)17-14(19-13)9-10-5-7-11(16)8-6-10/h2-8H,9H2,1H3. The summed E-state index contributed by atoms with van der Waals surface area (Å²) in [5.74, 6) is 0.830. The predicted molar refractivity (Wildman–Crippen MR) is 80.4 cm³/mol. The molecule has 0 spiro atoms. The van der Waals surface area contributed by atoms with E-state index in [9.17, 15) is 0 Å². The van der Waals surface area contributed by atoms with Gasteiger partial charge in [0.1, 0.15) is 11.3 Å². The first-order chi connectivity index (χ1) is 9.26. The highest BCUT2D eigenvalue weighted by Crippen LogP contribution is 2.30. The Morgan fingerprint density at radius 2 is 1.95 bits per heavy atom. The molecule has 1 heterocycles. The zero-order chi connectivity index (χ0) is 13.2. The highest BCUT2D eigenvalue weighted by atomic mass is 35.5. The fourth-order valence-corrected chi connectivity index (χ4v) is 3.13. The van der Waals surface area contributed by atoms with Crippen LogP contribution in [-0.4, -0.2) is 12.1 Å². The van der Waals surface area contributed by atoms with E-state index in [2.05, 4.69) is 11.1 Å². The number of hydrogen-bond acceptors (Lipinski definition) is 3. The van der Waals surface area contributed by atoms with Crippen LogP contribution in [0, 0.1) is 0 Å². The largest absolute Gasteiger partial charge is 0.494 e. The van der Waals surface area contributed by atoms with Crippen molar-refractivity contribution in [1.82, 2.24) is 4.98 Å².